The Bertz CT molecular complexity index is 1400. The lowest BCUT2D eigenvalue weighted by Crippen LogP contribution is -2.51. The highest BCUT2D eigenvalue weighted by atomic mass is 19.1. The van der Waals surface area contributed by atoms with Gasteiger partial charge in [-0.1, -0.05) is 36.4 Å². The molecular weight excluding hydrogens is 440 g/mol. The van der Waals surface area contributed by atoms with E-state index in [0.717, 1.165) is 17.7 Å². The Kier molecular flexibility index (Phi) is 5.75. The van der Waals surface area contributed by atoms with E-state index in [-0.39, 0.29) is 24.5 Å². The molecule has 9 heteroatoms. The van der Waals surface area contributed by atoms with Crippen molar-refractivity contribution in [2.24, 2.45) is 0 Å². The van der Waals surface area contributed by atoms with E-state index in [2.05, 4.69) is 9.97 Å². The van der Waals surface area contributed by atoms with E-state index in [1.54, 1.807) is 27.8 Å². The number of nitrogens with zero attached hydrogens (tertiary/aromatic N) is 5. The van der Waals surface area contributed by atoms with Crippen LogP contribution in [0.4, 0.5) is 14.6 Å². The summed E-state index contributed by atoms with van der Waals surface area (Å²) in [6, 6.07) is 16.5. The predicted octanol–water partition coefficient (Wildman–Crippen LogP) is 3.08. The quantitative estimate of drug-likeness (QED) is 0.467. The second-order valence-corrected chi connectivity index (χ2v) is 8.03. The Labute approximate surface area is 193 Å². The van der Waals surface area contributed by atoms with E-state index in [4.69, 9.17) is 0 Å². The maximum Gasteiger partial charge on any atom is 0.295 e. The lowest BCUT2D eigenvalue weighted by atomic mass is 10.1. The van der Waals surface area contributed by atoms with Crippen molar-refractivity contribution >= 4 is 22.9 Å². The summed E-state index contributed by atoms with van der Waals surface area (Å²) in [4.78, 5) is 38.3. The van der Waals surface area contributed by atoms with Crippen LogP contribution in [0.2, 0.25) is 0 Å². The Morgan fingerprint density at radius 2 is 1.59 bits per heavy atom. The molecule has 3 heterocycles. The van der Waals surface area contributed by atoms with E-state index < -0.39 is 23.1 Å². The monoisotopic (exact) mass is 461 g/mol. The first-order chi connectivity index (χ1) is 16.5. The molecule has 0 saturated carbocycles. The van der Waals surface area contributed by atoms with Crippen LogP contribution in [0.5, 0.6) is 0 Å². The van der Waals surface area contributed by atoms with Crippen LogP contribution in [-0.4, -0.2) is 51.5 Å². The first-order valence-corrected chi connectivity index (χ1v) is 10.9. The van der Waals surface area contributed by atoms with E-state index in [1.807, 2.05) is 30.3 Å². The zero-order chi connectivity index (χ0) is 23.7. The van der Waals surface area contributed by atoms with Crippen LogP contribution in [0.25, 0.3) is 11.2 Å². The number of piperazine rings is 1. The second-order valence-electron chi connectivity index (χ2n) is 8.03. The van der Waals surface area contributed by atoms with Crippen molar-refractivity contribution in [2.75, 3.05) is 31.1 Å². The molecule has 0 aliphatic carbocycles. The van der Waals surface area contributed by atoms with Crippen molar-refractivity contribution in [2.45, 2.75) is 6.54 Å². The van der Waals surface area contributed by atoms with Gasteiger partial charge in [-0.3, -0.25) is 14.2 Å². The Hall–Kier alpha value is -4.14. The maximum atomic E-state index is 14.1. The van der Waals surface area contributed by atoms with Crippen LogP contribution >= 0.6 is 0 Å². The Morgan fingerprint density at radius 1 is 0.882 bits per heavy atom. The maximum absolute atomic E-state index is 14.1. The molecule has 5 rings (SSSR count). The summed E-state index contributed by atoms with van der Waals surface area (Å²) in [5.41, 5.74) is 1.19. The molecule has 1 fully saturated rings. The summed E-state index contributed by atoms with van der Waals surface area (Å²) in [7, 11) is 0. The van der Waals surface area contributed by atoms with E-state index in [1.165, 1.54) is 11.0 Å². The molecule has 0 radical (unpaired) electrons. The Balaban J connectivity index is 1.43. The second kappa shape index (κ2) is 9.01. The molecule has 1 saturated heterocycles. The van der Waals surface area contributed by atoms with Gasteiger partial charge < -0.3 is 9.80 Å². The number of rotatable bonds is 4. The summed E-state index contributed by atoms with van der Waals surface area (Å²) < 4.78 is 29.7. The van der Waals surface area contributed by atoms with E-state index >= 15 is 0 Å². The van der Waals surface area contributed by atoms with Gasteiger partial charge in [0.2, 0.25) is 0 Å². The number of hydrogen-bond donors (Lipinski definition) is 0. The van der Waals surface area contributed by atoms with E-state index in [0.29, 0.717) is 30.8 Å². The number of carbonyl (C=O) groups is 1. The van der Waals surface area contributed by atoms with Crippen LogP contribution in [-0.2, 0) is 6.54 Å². The smallest absolute Gasteiger partial charge is 0.295 e. The van der Waals surface area contributed by atoms with Crippen LogP contribution in [0, 0.1) is 11.6 Å². The fraction of sp³-hybridized carbons (Fsp3) is 0.200. The number of anilines is 1. The lowest BCUT2D eigenvalue weighted by molar-refractivity contribution is 0.0736. The third-order valence-corrected chi connectivity index (χ3v) is 5.91. The van der Waals surface area contributed by atoms with Crippen molar-refractivity contribution in [1.29, 1.82) is 0 Å². The molecule has 2 aromatic heterocycles. The average Bonchev–Trinajstić information content (AvgIpc) is 2.86. The van der Waals surface area contributed by atoms with Gasteiger partial charge in [0.1, 0.15) is 22.7 Å². The van der Waals surface area contributed by atoms with Crippen LogP contribution in [0.1, 0.15) is 15.9 Å². The first-order valence-electron chi connectivity index (χ1n) is 10.9. The van der Waals surface area contributed by atoms with Crippen molar-refractivity contribution in [3.05, 3.63) is 100.0 Å². The minimum atomic E-state index is -0.889. The molecular formula is C25H21F2N5O2. The minimum Gasteiger partial charge on any atom is -0.348 e. The number of hydrogen-bond acceptors (Lipinski definition) is 5. The number of carbonyl (C=O) groups excluding carboxylic acids is 1. The molecule has 1 aliphatic rings. The molecule has 0 unspecified atom stereocenters. The molecule has 1 aliphatic heterocycles. The predicted molar refractivity (Wildman–Crippen MR) is 124 cm³/mol. The van der Waals surface area contributed by atoms with Gasteiger partial charge in [-0.05, 0) is 29.8 Å². The summed E-state index contributed by atoms with van der Waals surface area (Å²) in [5, 5.41) is 0. The summed E-state index contributed by atoms with van der Waals surface area (Å²) >= 11 is 0. The molecule has 0 N–H and O–H groups in total. The highest BCUT2D eigenvalue weighted by molar-refractivity contribution is 5.95. The van der Waals surface area contributed by atoms with Gasteiger partial charge >= 0.3 is 0 Å². The van der Waals surface area contributed by atoms with Gasteiger partial charge in [-0.25, -0.2) is 18.7 Å². The van der Waals surface area contributed by atoms with Crippen molar-refractivity contribution in [1.82, 2.24) is 19.4 Å². The van der Waals surface area contributed by atoms with Crippen molar-refractivity contribution < 1.29 is 13.6 Å². The van der Waals surface area contributed by atoms with Crippen LogP contribution < -0.4 is 10.5 Å². The fourth-order valence-corrected chi connectivity index (χ4v) is 4.16. The van der Waals surface area contributed by atoms with Gasteiger partial charge in [0.05, 0.1) is 6.54 Å². The number of pyridine rings is 1. The lowest BCUT2D eigenvalue weighted by Gasteiger charge is -2.35. The van der Waals surface area contributed by atoms with Gasteiger partial charge in [0.15, 0.2) is 11.5 Å². The van der Waals surface area contributed by atoms with Crippen molar-refractivity contribution in [3.63, 3.8) is 0 Å². The molecule has 2 aromatic carbocycles. The number of benzene rings is 2. The van der Waals surface area contributed by atoms with Crippen molar-refractivity contribution in [3.8, 4) is 0 Å². The number of halogens is 2. The molecule has 1 amide bonds. The largest absolute Gasteiger partial charge is 0.348 e. The zero-order valence-electron chi connectivity index (χ0n) is 18.2. The molecule has 0 atom stereocenters. The third-order valence-electron chi connectivity index (χ3n) is 5.91. The molecule has 0 bridgehead atoms. The highest BCUT2D eigenvalue weighted by Gasteiger charge is 2.28. The average molecular weight is 461 g/mol. The fourth-order valence-electron chi connectivity index (χ4n) is 4.16. The first kappa shape index (κ1) is 21.7. The summed E-state index contributed by atoms with van der Waals surface area (Å²) in [6.07, 6.45) is 1.62. The van der Waals surface area contributed by atoms with Crippen LogP contribution in [0.3, 0.4) is 0 Å². The number of fused-ring (bicyclic) bond motifs is 1. The standard InChI is InChI=1S/C25H21F2N5O2/c26-18-8-4-9-19(27)21(18)24(33)31-14-12-30(13-15-31)23-25(34)32(16-17-6-2-1-3-7-17)22-20(29-23)10-5-11-28-22/h1-11H,12-16H2. The summed E-state index contributed by atoms with van der Waals surface area (Å²) in [5.74, 6) is -2.21. The van der Waals surface area contributed by atoms with Gasteiger partial charge in [0, 0.05) is 32.4 Å². The zero-order valence-corrected chi connectivity index (χ0v) is 18.2. The van der Waals surface area contributed by atoms with E-state index in [9.17, 15) is 18.4 Å². The third kappa shape index (κ3) is 4.00. The number of aromatic nitrogens is 3. The number of amides is 1. The normalized spacial score (nSPS) is 13.9. The topological polar surface area (TPSA) is 71.3 Å². The highest BCUT2D eigenvalue weighted by Crippen LogP contribution is 2.19. The summed E-state index contributed by atoms with van der Waals surface area (Å²) in [6.45, 7) is 1.37. The molecule has 4 aromatic rings. The Morgan fingerprint density at radius 3 is 2.29 bits per heavy atom. The van der Waals surface area contributed by atoms with Crippen LogP contribution in [0.15, 0.2) is 71.7 Å². The minimum absolute atomic E-state index is 0.206. The molecule has 7 nitrogen and oxygen atoms in total. The SMILES string of the molecule is O=C(c1c(F)cccc1F)N1CCN(c2nc3cccnc3n(Cc3ccccc3)c2=O)CC1. The van der Waals surface area contributed by atoms with Gasteiger partial charge in [-0.15, -0.1) is 0 Å². The molecule has 34 heavy (non-hydrogen) atoms. The van der Waals surface area contributed by atoms with Gasteiger partial charge in [-0.2, -0.15) is 0 Å². The molecule has 172 valence electrons. The van der Waals surface area contributed by atoms with Gasteiger partial charge in [0.25, 0.3) is 11.5 Å². The molecule has 0 spiro atoms.